The van der Waals surface area contributed by atoms with E-state index in [9.17, 15) is 4.79 Å². The summed E-state index contributed by atoms with van der Waals surface area (Å²) in [6, 6.07) is 11.2. The van der Waals surface area contributed by atoms with Gasteiger partial charge in [0.05, 0.1) is 5.69 Å². The average molecular weight is 241 g/mol. The van der Waals surface area contributed by atoms with E-state index in [1.807, 2.05) is 37.3 Å². The number of aryl methyl sites for hydroxylation is 1. The van der Waals surface area contributed by atoms with Crippen molar-refractivity contribution in [2.45, 2.75) is 20.5 Å². The third-order valence-electron chi connectivity index (χ3n) is 2.68. The molecule has 1 aromatic heterocycles. The number of aromatic nitrogens is 1. The molecule has 18 heavy (non-hydrogen) atoms. The van der Waals surface area contributed by atoms with Gasteiger partial charge in [-0.2, -0.15) is 0 Å². The highest BCUT2D eigenvalue weighted by molar-refractivity contribution is 5.94. The van der Waals surface area contributed by atoms with Crippen LogP contribution in [-0.4, -0.2) is 10.8 Å². The summed E-state index contributed by atoms with van der Waals surface area (Å²) in [5.74, 6) is 0.847. The van der Waals surface area contributed by atoms with Crippen molar-refractivity contribution in [1.29, 1.82) is 0 Å². The molecule has 0 spiro atoms. The molecule has 0 saturated carbocycles. The second-order valence-electron chi connectivity index (χ2n) is 4.15. The van der Waals surface area contributed by atoms with Gasteiger partial charge in [-0.25, -0.2) is 0 Å². The fourth-order valence-corrected chi connectivity index (χ4v) is 1.67. The van der Waals surface area contributed by atoms with Crippen LogP contribution in [0.5, 0.6) is 5.75 Å². The highest BCUT2D eigenvalue weighted by atomic mass is 16.5. The maximum atomic E-state index is 11.2. The molecule has 0 fully saturated rings. The summed E-state index contributed by atoms with van der Waals surface area (Å²) in [5, 5.41) is 0. The molecule has 3 nitrogen and oxygen atoms in total. The van der Waals surface area contributed by atoms with E-state index in [0.29, 0.717) is 12.2 Å². The van der Waals surface area contributed by atoms with Crippen molar-refractivity contribution >= 4 is 5.78 Å². The minimum absolute atomic E-state index is 0.0642. The monoisotopic (exact) mass is 241 g/mol. The van der Waals surface area contributed by atoms with Crippen molar-refractivity contribution in [1.82, 2.24) is 4.98 Å². The molecule has 0 atom stereocenters. The van der Waals surface area contributed by atoms with Crippen LogP contribution in [0, 0.1) is 6.92 Å². The van der Waals surface area contributed by atoms with Crippen LogP contribution in [0.2, 0.25) is 0 Å². The number of ketones is 1. The van der Waals surface area contributed by atoms with Crippen LogP contribution < -0.4 is 4.74 Å². The van der Waals surface area contributed by atoms with Gasteiger partial charge in [-0.05, 0) is 49.7 Å². The van der Waals surface area contributed by atoms with Gasteiger partial charge in [-0.3, -0.25) is 9.78 Å². The van der Waals surface area contributed by atoms with Gasteiger partial charge in [0.15, 0.2) is 5.78 Å². The van der Waals surface area contributed by atoms with E-state index >= 15 is 0 Å². The molecule has 0 aliphatic heterocycles. The summed E-state index contributed by atoms with van der Waals surface area (Å²) in [6.45, 7) is 3.92. The Bertz CT molecular complexity index is 550. The number of carbonyl (C=O) groups is 1. The van der Waals surface area contributed by atoms with E-state index in [1.54, 1.807) is 19.2 Å². The Balaban J connectivity index is 2.08. The Morgan fingerprint density at radius 3 is 2.72 bits per heavy atom. The molecule has 0 N–H and O–H groups in total. The first-order valence-electron chi connectivity index (χ1n) is 5.81. The molecule has 3 heteroatoms. The Kier molecular flexibility index (Phi) is 3.72. The number of rotatable bonds is 4. The molecule has 0 saturated heterocycles. The Labute approximate surface area is 106 Å². The smallest absolute Gasteiger partial charge is 0.159 e. The zero-order chi connectivity index (χ0) is 13.0. The molecule has 0 bridgehead atoms. The highest BCUT2D eigenvalue weighted by Crippen LogP contribution is 2.20. The largest absolute Gasteiger partial charge is 0.487 e. The topological polar surface area (TPSA) is 39.2 Å². The molecule has 0 aliphatic carbocycles. The lowest BCUT2D eigenvalue weighted by Gasteiger charge is -2.09. The molecule has 0 amide bonds. The summed E-state index contributed by atoms with van der Waals surface area (Å²) in [7, 11) is 0. The Morgan fingerprint density at radius 1 is 1.28 bits per heavy atom. The van der Waals surface area contributed by atoms with Crippen molar-refractivity contribution in [3.63, 3.8) is 0 Å². The number of Topliss-reactive ketones (excluding diaryl/α,β-unsaturated/α-hetero) is 1. The number of carbonyl (C=O) groups excluding carboxylic acids is 1. The molecule has 0 unspecified atom stereocenters. The van der Waals surface area contributed by atoms with Crippen LogP contribution in [0.15, 0.2) is 42.6 Å². The first kappa shape index (κ1) is 12.3. The third kappa shape index (κ3) is 2.94. The second kappa shape index (κ2) is 5.45. The van der Waals surface area contributed by atoms with Gasteiger partial charge < -0.3 is 4.74 Å². The van der Waals surface area contributed by atoms with Gasteiger partial charge >= 0.3 is 0 Å². The van der Waals surface area contributed by atoms with Gasteiger partial charge in [-0.15, -0.1) is 0 Å². The second-order valence-corrected chi connectivity index (χ2v) is 4.15. The molecule has 0 radical (unpaired) electrons. The Morgan fingerprint density at radius 2 is 2.11 bits per heavy atom. The normalized spacial score (nSPS) is 10.1. The van der Waals surface area contributed by atoms with E-state index in [0.717, 1.165) is 17.0 Å². The van der Waals surface area contributed by atoms with Gasteiger partial charge in [0, 0.05) is 11.8 Å². The Hall–Kier alpha value is -2.16. The maximum absolute atomic E-state index is 11.2. The highest BCUT2D eigenvalue weighted by Gasteiger charge is 2.04. The third-order valence-corrected chi connectivity index (χ3v) is 2.68. The minimum atomic E-state index is 0.0642. The predicted octanol–water partition coefficient (Wildman–Crippen LogP) is 3.17. The van der Waals surface area contributed by atoms with Gasteiger partial charge in [0.1, 0.15) is 12.4 Å². The van der Waals surface area contributed by atoms with Crippen molar-refractivity contribution in [2.75, 3.05) is 0 Å². The molecular formula is C15H15NO2. The van der Waals surface area contributed by atoms with Gasteiger partial charge in [0.2, 0.25) is 0 Å². The molecule has 1 heterocycles. The lowest BCUT2D eigenvalue weighted by Crippen LogP contribution is -2.00. The van der Waals surface area contributed by atoms with Gasteiger partial charge in [-0.1, -0.05) is 6.07 Å². The van der Waals surface area contributed by atoms with Crippen molar-refractivity contribution in [2.24, 2.45) is 0 Å². The number of hydrogen-bond donors (Lipinski definition) is 0. The fourth-order valence-electron chi connectivity index (χ4n) is 1.67. The summed E-state index contributed by atoms with van der Waals surface area (Å²) in [6.07, 6.45) is 1.74. The molecule has 0 aliphatic rings. The van der Waals surface area contributed by atoms with Crippen LogP contribution in [0.1, 0.15) is 28.5 Å². The SMILES string of the molecule is CC(=O)c1ccc(OCc2ccccn2)c(C)c1. The number of pyridine rings is 1. The summed E-state index contributed by atoms with van der Waals surface area (Å²) in [5.41, 5.74) is 2.55. The summed E-state index contributed by atoms with van der Waals surface area (Å²) < 4.78 is 5.68. The molecule has 2 aromatic rings. The maximum Gasteiger partial charge on any atom is 0.159 e. The standard InChI is InChI=1S/C15H15NO2/c1-11-9-13(12(2)17)6-7-15(11)18-10-14-5-3-4-8-16-14/h3-9H,10H2,1-2H3. The summed E-state index contributed by atoms with van der Waals surface area (Å²) in [4.78, 5) is 15.4. The zero-order valence-electron chi connectivity index (χ0n) is 10.5. The first-order valence-corrected chi connectivity index (χ1v) is 5.81. The minimum Gasteiger partial charge on any atom is -0.487 e. The fraction of sp³-hybridized carbons (Fsp3) is 0.200. The zero-order valence-corrected chi connectivity index (χ0v) is 10.5. The van der Waals surface area contributed by atoms with E-state index in [-0.39, 0.29) is 5.78 Å². The summed E-state index contributed by atoms with van der Waals surface area (Å²) >= 11 is 0. The van der Waals surface area contributed by atoms with E-state index in [4.69, 9.17) is 4.74 Å². The van der Waals surface area contributed by atoms with E-state index in [1.165, 1.54) is 0 Å². The predicted molar refractivity (Wildman–Crippen MR) is 69.8 cm³/mol. The number of hydrogen-bond acceptors (Lipinski definition) is 3. The van der Waals surface area contributed by atoms with Crippen molar-refractivity contribution in [3.05, 3.63) is 59.4 Å². The van der Waals surface area contributed by atoms with Crippen LogP contribution in [0.3, 0.4) is 0 Å². The van der Waals surface area contributed by atoms with Crippen LogP contribution in [0.4, 0.5) is 0 Å². The molecule has 92 valence electrons. The number of nitrogens with zero attached hydrogens (tertiary/aromatic N) is 1. The first-order chi connectivity index (χ1) is 8.66. The van der Waals surface area contributed by atoms with Crippen LogP contribution in [0.25, 0.3) is 0 Å². The van der Waals surface area contributed by atoms with E-state index in [2.05, 4.69) is 4.98 Å². The molecule has 1 aromatic carbocycles. The van der Waals surface area contributed by atoms with Crippen LogP contribution in [-0.2, 0) is 6.61 Å². The van der Waals surface area contributed by atoms with Crippen molar-refractivity contribution < 1.29 is 9.53 Å². The van der Waals surface area contributed by atoms with Crippen molar-refractivity contribution in [3.8, 4) is 5.75 Å². The molecular weight excluding hydrogens is 226 g/mol. The molecule has 2 rings (SSSR count). The lowest BCUT2D eigenvalue weighted by atomic mass is 10.1. The van der Waals surface area contributed by atoms with Gasteiger partial charge in [0.25, 0.3) is 0 Å². The number of ether oxygens (including phenoxy) is 1. The van der Waals surface area contributed by atoms with Crippen LogP contribution >= 0.6 is 0 Å². The quantitative estimate of drug-likeness (QED) is 0.772. The number of benzene rings is 1. The average Bonchev–Trinajstić information content (AvgIpc) is 2.38. The lowest BCUT2D eigenvalue weighted by molar-refractivity contribution is 0.101. The van der Waals surface area contributed by atoms with E-state index < -0.39 is 0 Å².